The van der Waals surface area contributed by atoms with Crippen LogP contribution in [0.5, 0.6) is 17.2 Å². The highest BCUT2D eigenvalue weighted by Crippen LogP contribution is 2.35. The summed E-state index contributed by atoms with van der Waals surface area (Å²) in [6.07, 6.45) is 3.93. The van der Waals surface area contributed by atoms with Crippen molar-refractivity contribution in [3.63, 3.8) is 0 Å². The Balaban J connectivity index is 1.26. The SMILES string of the molecule is CN1C(=S)N(c2ccc(Cl)cc2)C(=O)/C1=C/c1cn(CCOc2ccc3c(c2)OCO3)c2ccccc12. The van der Waals surface area contributed by atoms with Crippen LogP contribution >= 0.6 is 23.8 Å². The van der Waals surface area contributed by atoms with Crippen molar-refractivity contribution in [1.29, 1.82) is 0 Å². The van der Waals surface area contributed by atoms with Gasteiger partial charge in [0, 0.05) is 40.8 Å². The number of carbonyl (C=O) groups excluding carboxylic acids is 1. The summed E-state index contributed by atoms with van der Waals surface area (Å²) in [5.41, 5.74) is 3.15. The largest absolute Gasteiger partial charge is 0.492 e. The molecule has 37 heavy (non-hydrogen) atoms. The number of aromatic nitrogens is 1. The van der Waals surface area contributed by atoms with Crippen LogP contribution in [0.3, 0.4) is 0 Å². The third-order valence-electron chi connectivity index (χ3n) is 6.40. The number of benzene rings is 3. The van der Waals surface area contributed by atoms with Crippen LogP contribution in [0.2, 0.25) is 5.02 Å². The molecule has 3 aromatic carbocycles. The number of nitrogens with zero attached hydrogens (tertiary/aromatic N) is 3. The van der Waals surface area contributed by atoms with E-state index in [0.29, 0.717) is 40.4 Å². The molecule has 2 aliphatic rings. The van der Waals surface area contributed by atoms with Crippen LogP contribution in [-0.2, 0) is 11.3 Å². The number of amides is 1. The van der Waals surface area contributed by atoms with Gasteiger partial charge >= 0.3 is 0 Å². The van der Waals surface area contributed by atoms with Crippen molar-refractivity contribution in [2.45, 2.75) is 6.54 Å². The van der Waals surface area contributed by atoms with Gasteiger partial charge in [-0.2, -0.15) is 0 Å². The Kier molecular flexibility index (Phi) is 5.98. The van der Waals surface area contributed by atoms with Crippen LogP contribution in [0, 0.1) is 0 Å². The average Bonchev–Trinajstić information content (AvgIpc) is 3.57. The van der Waals surface area contributed by atoms with Crippen LogP contribution < -0.4 is 19.1 Å². The fourth-order valence-corrected chi connectivity index (χ4v) is 4.94. The first kappa shape index (κ1) is 23.4. The molecule has 6 rings (SSSR count). The minimum Gasteiger partial charge on any atom is -0.492 e. The number of rotatable bonds is 6. The Morgan fingerprint density at radius 1 is 1.05 bits per heavy atom. The van der Waals surface area contributed by atoms with Gasteiger partial charge in [0.15, 0.2) is 16.6 Å². The van der Waals surface area contributed by atoms with Crippen LogP contribution in [0.4, 0.5) is 5.69 Å². The van der Waals surface area contributed by atoms with Gasteiger partial charge in [-0.15, -0.1) is 0 Å². The molecule has 0 unspecified atom stereocenters. The van der Waals surface area contributed by atoms with E-state index in [9.17, 15) is 4.79 Å². The standard InChI is InChI=1S/C28H22ClN3O4S/c1-30-24(27(33)32(28(30)37)20-8-6-19(29)7-9-20)14-18-16-31(23-5-3-2-4-22(18)23)12-13-34-21-10-11-25-26(15-21)36-17-35-25/h2-11,14-16H,12-13,17H2,1H3/b24-14-. The predicted octanol–water partition coefficient (Wildman–Crippen LogP) is 5.71. The fraction of sp³-hybridized carbons (Fsp3) is 0.143. The molecule has 9 heteroatoms. The second-order valence-corrected chi connectivity index (χ2v) is 9.45. The molecule has 1 fully saturated rings. The molecule has 186 valence electrons. The van der Waals surface area contributed by atoms with Gasteiger partial charge in [0.1, 0.15) is 18.1 Å². The number of halogens is 1. The minimum atomic E-state index is -0.183. The lowest BCUT2D eigenvalue weighted by molar-refractivity contribution is -0.114. The molecule has 0 radical (unpaired) electrons. The second kappa shape index (κ2) is 9.46. The molecule has 3 heterocycles. The van der Waals surface area contributed by atoms with Crippen molar-refractivity contribution in [1.82, 2.24) is 9.47 Å². The van der Waals surface area contributed by atoms with E-state index < -0.39 is 0 Å². The Labute approximate surface area is 224 Å². The van der Waals surface area contributed by atoms with Gasteiger partial charge in [-0.3, -0.25) is 9.69 Å². The number of carbonyl (C=O) groups is 1. The molecule has 0 spiro atoms. The van der Waals surface area contributed by atoms with Crippen LogP contribution in [0.15, 0.2) is 78.6 Å². The Hall–Kier alpha value is -4.01. The number of anilines is 1. The van der Waals surface area contributed by atoms with Crippen molar-refractivity contribution in [2.24, 2.45) is 0 Å². The number of hydrogen-bond acceptors (Lipinski definition) is 5. The molecule has 0 aliphatic carbocycles. The van der Waals surface area contributed by atoms with E-state index in [1.54, 1.807) is 36.2 Å². The number of para-hydroxylation sites is 1. The molecule has 0 saturated carbocycles. The van der Waals surface area contributed by atoms with E-state index in [0.717, 1.165) is 28.0 Å². The third kappa shape index (κ3) is 4.28. The molecule has 7 nitrogen and oxygen atoms in total. The maximum atomic E-state index is 13.4. The molecule has 1 saturated heterocycles. The van der Waals surface area contributed by atoms with Gasteiger partial charge in [0.25, 0.3) is 5.91 Å². The quantitative estimate of drug-likeness (QED) is 0.235. The lowest BCUT2D eigenvalue weighted by Crippen LogP contribution is -2.31. The maximum Gasteiger partial charge on any atom is 0.281 e. The van der Waals surface area contributed by atoms with E-state index in [1.807, 2.05) is 48.7 Å². The maximum absolute atomic E-state index is 13.4. The van der Waals surface area contributed by atoms with E-state index in [2.05, 4.69) is 10.6 Å². The zero-order valence-electron chi connectivity index (χ0n) is 19.9. The Bertz CT molecular complexity index is 1560. The topological polar surface area (TPSA) is 56.2 Å². The van der Waals surface area contributed by atoms with Gasteiger partial charge in [0.2, 0.25) is 6.79 Å². The first-order valence-corrected chi connectivity index (χ1v) is 12.5. The Morgan fingerprint density at radius 3 is 2.68 bits per heavy atom. The number of hydrogen-bond donors (Lipinski definition) is 0. The van der Waals surface area contributed by atoms with E-state index in [4.69, 9.17) is 38.0 Å². The summed E-state index contributed by atoms with van der Waals surface area (Å²) < 4.78 is 18.9. The molecular weight excluding hydrogens is 510 g/mol. The van der Waals surface area contributed by atoms with Gasteiger partial charge in [-0.1, -0.05) is 29.8 Å². The normalized spacial score (nSPS) is 15.9. The first-order valence-electron chi connectivity index (χ1n) is 11.7. The van der Waals surface area contributed by atoms with Crippen molar-refractivity contribution in [3.05, 3.63) is 89.2 Å². The summed E-state index contributed by atoms with van der Waals surface area (Å²) in [5.74, 6) is 1.95. The lowest BCUT2D eigenvalue weighted by Gasteiger charge is -2.16. The van der Waals surface area contributed by atoms with E-state index in [-0.39, 0.29) is 12.7 Å². The number of ether oxygens (including phenoxy) is 3. The molecule has 2 aliphatic heterocycles. The summed E-state index contributed by atoms with van der Waals surface area (Å²) in [6.45, 7) is 1.31. The molecule has 1 aromatic heterocycles. The molecular formula is C28H22ClN3O4S. The minimum absolute atomic E-state index is 0.183. The molecule has 4 aromatic rings. The second-order valence-electron chi connectivity index (χ2n) is 8.65. The predicted molar refractivity (Wildman–Crippen MR) is 147 cm³/mol. The first-order chi connectivity index (χ1) is 18.0. The third-order valence-corrected chi connectivity index (χ3v) is 7.11. The van der Waals surface area contributed by atoms with Crippen LogP contribution in [-0.4, -0.2) is 40.9 Å². The molecule has 0 atom stereocenters. The monoisotopic (exact) mass is 531 g/mol. The Morgan fingerprint density at radius 2 is 1.84 bits per heavy atom. The van der Waals surface area contributed by atoms with Crippen molar-refractivity contribution < 1.29 is 19.0 Å². The number of thiocarbonyl (C=S) groups is 1. The smallest absolute Gasteiger partial charge is 0.281 e. The van der Waals surface area contributed by atoms with Gasteiger partial charge in [-0.25, -0.2) is 0 Å². The molecule has 0 bridgehead atoms. The zero-order valence-corrected chi connectivity index (χ0v) is 21.5. The average molecular weight is 532 g/mol. The van der Waals surface area contributed by atoms with E-state index in [1.165, 1.54) is 4.90 Å². The summed E-state index contributed by atoms with van der Waals surface area (Å²) >= 11 is 11.6. The molecule has 0 N–H and O–H groups in total. The highest BCUT2D eigenvalue weighted by atomic mass is 35.5. The number of fused-ring (bicyclic) bond motifs is 2. The summed E-state index contributed by atoms with van der Waals surface area (Å²) in [6, 6.07) is 20.7. The summed E-state index contributed by atoms with van der Waals surface area (Å²) in [5, 5.41) is 2.05. The van der Waals surface area contributed by atoms with Crippen molar-refractivity contribution >= 4 is 57.5 Å². The summed E-state index contributed by atoms with van der Waals surface area (Å²) in [4.78, 5) is 16.7. The van der Waals surface area contributed by atoms with Gasteiger partial charge < -0.3 is 23.7 Å². The number of likely N-dealkylation sites (N-methyl/N-ethyl adjacent to an activating group) is 1. The van der Waals surface area contributed by atoms with Crippen molar-refractivity contribution in [3.8, 4) is 17.2 Å². The molecule has 1 amide bonds. The fourth-order valence-electron chi connectivity index (χ4n) is 4.53. The summed E-state index contributed by atoms with van der Waals surface area (Å²) in [7, 11) is 1.81. The zero-order chi connectivity index (χ0) is 25.5. The van der Waals surface area contributed by atoms with Gasteiger partial charge in [-0.05, 0) is 60.8 Å². The van der Waals surface area contributed by atoms with Gasteiger partial charge in [0.05, 0.1) is 12.2 Å². The highest BCUT2D eigenvalue weighted by Gasteiger charge is 2.37. The van der Waals surface area contributed by atoms with Crippen LogP contribution in [0.1, 0.15) is 5.56 Å². The highest BCUT2D eigenvalue weighted by molar-refractivity contribution is 7.80. The lowest BCUT2D eigenvalue weighted by atomic mass is 10.1. The van der Waals surface area contributed by atoms with E-state index >= 15 is 0 Å². The van der Waals surface area contributed by atoms with Crippen LogP contribution in [0.25, 0.3) is 17.0 Å². The van der Waals surface area contributed by atoms with Crippen molar-refractivity contribution in [2.75, 3.05) is 25.3 Å².